The summed E-state index contributed by atoms with van der Waals surface area (Å²) in [6, 6.07) is 3.96. The molecule has 1 saturated heterocycles. The summed E-state index contributed by atoms with van der Waals surface area (Å²) in [7, 11) is 0. The Morgan fingerprint density at radius 1 is 1.27 bits per heavy atom. The van der Waals surface area contributed by atoms with Crippen LogP contribution in [0.15, 0.2) is 12.1 Å². The molecule has 0 spiro atoms. The van der Waals surface area contributed by atoms with Crippen LogP contribution in [0.25, 0.3) is 0 Å². The lowest BCUT2D eigenvalue weighted by atomic mass is 10.0. The van der Waals surface area contributed by atoms with Gasteiger partial charge in [-0.3, -0.25) is 9.69 Å². The molecule has 1 aliphatic rings. The molecule has 1 N–H and O–H groups in total. The maximum absolute atomic E-state index is 11.3. The number of benzene rings is 1. The zero-order valence-electron chi connectivity index (χ0n) is 13.9. The van der Waals surface area contributed by atoms with Gasteiger partial charge < -0.3 is 9.84 Å². The number of rotatable bonds is 6. The van der Waals surface area contributed by atoms with Gasteiger partial charge in [-0.25, -0.2) is 0 Å². The van der Waals surface area contributed by atoms with Gasteiger partial charge in [0.25, 0.3) is 0 Å². The third kappa shape index (κ3) is 4.23. The number of carboxylic acid groups (broad SMARTS) is 1. The Morgan fingerprint density at radius 2 is 1.95 bits per heavy atom. The van der Waals surface area contributed by atoms with Crippen molar-refractivity contribution in [1.82, 2.24) is 4.90 Å². The second kappa shape index (κ2) is 7.63. The fourth-order valence-electron chi connectivity index (χ4n) is 3.37. The number of nitrogens with zero attached hydrogens (tertiary/aromatic N) is 1. The molecule has 4 nitrogen and oxygen atoms in total. The molecule has 1 fully saturated rings. The predicted octanol–water partition coefficient (Wildman–Crippen LogP) is 3.32. The number of carbonyl (C=O) groups is 1. The number of piperidine rings is 1. The van der Waals surface area contributed by atoms with Gasteiger partial charge in [0.2, 0.25) is 0 Å². The summed E-state index contributed by atoms with van der Waals surface area (Å²) in [4.78, 5) is 13.4. The first-order chi connectivity index (χ1) is 10.5. The van der Waals surface area contributed by atoms with Crippen molar-refractivity contribution in [3.05, 3.63) is 28.8 Å². The monoisotopic (exact) mass is 305 g/mol. The Balaban J connectivity index is 1.83. The van der Waals surface area contributed by atoms with E-state index < -0.39 is 5.97 Å². The van der Waals surface area contributed by atoms with E-state index >= 15 is 0 Å². The smallest absolute Gasteiger partial charge is 0.320 e. The van der Waals surface area contributed by atoms with Crippen LogP contribution in [-0.2, 0) is 4.79 Å². The Kier molecular flexibility index (Phi) is 5.83. The summed E-state index contributed by atoms with van der Waals surface area (Å²) in [5, 5.41) is 9.27. The zero-order chi connectivity index (χ0) is 16.1. The van der Waals surface area contributed by atoms with E-state index in [2.05, 4.69) is 37.8 Å². The van der Waals surface area contributed by atoms with Gasteiger partial charge in [0.15, 0.2) is 0 Å². The van der Waals surface area contributed by atoms with E-state index in [-0.39, 0.29) is 6.04 Å². The van der Waals surface area contributed by atoms with Gasteiger partial charge in [-0.05, 0) is 57.7 Å². The quantitative estimate of drug-likeness (QED) is 0.819. The van der Waals surface area contributed by atoms with Crippen LogP contribution in [0.3, 0.4) is 0 Å². The number of hydrogen-bond donors (Lipinski definition) is 1. The van der Waals surface area contributed by atoms with Gasteiger partial charge in [0, 0.05) is 6.54 Å². The van der Waals surface area contributed by atoms with E-state index in [1.165, 1.54) is 16.7 Å². The number of likely N-dealkylation sites (tertiary alicyclic amines) is 1. The molecule has 1 aliphatic heterocycles. The Labute approximate surface area is 133 Å². The van der Waals surface area contributed by atoms with E-state index in [0.29, 0.717) is 6.61 Å². The van der Waals surface area contributed by atoms with Crippen molar-refractivity contribution in [3.63, 3.8) is 0 Å². The molecular formula is C18H27NO3. The fraction of sp³-hybridized carbons (Fsp3) is 0.611. The molecule has 122 valence electrons. The Morgan fingerprint density at radius 3 is 2.59 bits per heavy atom. The first-order valence-electron chi connectivity index (χ1n) is 8.16. The molecule has 0 aliphatic carbocycles. The minimum Gasteiger partial charge on any atom is -0.493 e. The third-order valence-corrected chi connectivity index (χ3v) is 4.34. The molecule has 0 aromatic heterocycles. The highest BCUT2D eigenvalue weighted by atomic mass is 16.5. The third-order valence-electron chi connectivity index (χ3n) is 4.34. The first kappa shape index (κ1) is 16.8. The SMILES string of the molecule is Cc1cc(C)c(OCCCN2CCCCC2C(=O)O)c(C)c1. The summed E-state index contributed by atoms with van der Waals surface area (Å²) in [6.07, 6.45) is 3.75. The van der Waals surface area contributed by atoms with Crippen LogP contribution < -0.4 is 4.74 Å². The van der Waals surface area contributed by atoms with Crippen LogP contribution in [0.1, 0.15) is 42.4 Å². The van der Waals surface area contributed by atoms with Crippen molar-refractivity contribution in [1.29, 1.82) is 0 Å². The summed E-state index contributed by atoms with van der Waals surface area (Å²) in [5.74, 6) is 0.282. The minimum absolute atomic E-state index is 0.309. The molecule has 0 bridgehead atoms. The average molecular weight is 305 g/mol. The molecule has 2 rings (SSSR count). The highest BCUT2D eigenvalue weighted by Gasteiger charge is 2.27. The molecule has 1 atom stereocenters. The summed E-state index contributed by atoms with van der Waals surface area (Å²) in [5.41, 5.74) is 3.58. The maximum atomic E-state index is 11.3. The fourth-order valence-corrected chi connectivity index (χ4v) is 3.37. The van der Waals surface area contributed by atoms with Gasteiger partial charge in [-0.15, -0.1) is 0 Å². The van der Waals surface area contributed by atoms with Crippen molar-refractivity contribution in [2.24, 2.45) is 0 Å². The van der Waals surface area contributed by atoms with Gasteiger partial charge in [0.05, 0.1) is 6.61 Å². The first-order valence-corrected chi connectivity index (χ1v) is 8.16. The van der Waals surface area contributed by atoms with E-state index in [1.54, 1.807) is 0 Å². The molecule has 1 aromatic rings. The summed E-state index contributed by atoms with van der Waals surface area (Å²) < 4.78 is 5.94. The van der Waals surface area contributed by atoms with Crippen molar-refractivity contribution >= 4 is 5.97 Å². The highest BCUT2D eigenvalue weighted by molar-refractivity contribution is 5.73. The van der Waals surface area contributed by atoms with Gasteiger partial charge in [0.1, 0.15) is 11.8 Å². The van der Waals surface area contributed by atoms with Crippen LogP contribution in [0.5, 0.6) is 5.75 Å². The number of aliphatic carboxylic acids is 1. The van der Waals surface area contributed by atoms with Gasteiger partial charge in [-0.1, -0.05) is 24.1 Å². The summed E-state index contributed by atoms with van der Waals surface area (Å²) >= 11 is 0. The lowest BCUT2D eigenvalue weighted by Gasteiger charge is -2.32. The maximum Gasteiger partial charge on any atom is 0.320 e. The molecule has 1 aromatic carbocycles. The number of carboxylic acids is 1. The average Bonchev–Trinajstić information content (AvgIpc) is 2.45. The van der Waals surface area contributed by atoms with Crippen molar-refractivity contribution < 1.29 is 14.6 Å². The lowest BCUT2D eigenvalue weighted by molar-refractivity contribution is -0.144. The van der Waals surface area contributed by atoms with Gasteiger partial charge in [-0.2, -0.15) is 0 Å². The van der Waals surface area contributed by atoms with E-state index in [0.717, 1.165) is 44.5 Å². The second-order valence-corrected chi connectivity index (χ2v) is 6.32. The van der Waals surface area contributed by atoms with E-state index in [9.17, 15) is 9.90 Å². The molecular weight excluding hydrogens is 278 g/mol. The molecule has 0 amide bonds. The standard InChI is InChI=1S/C18H27NO3/c1-13-11-14(2)17(15(3)12-13)22-10-6-9-19-8-5-4-7-16(19)18(20)21/h11-12,16H,4-10H2,1-3H3,(H,20,21). The highest BCUT2D eigenvalue weighted by Crippen LogP contribution is 2.25. The summed E-state index contributed by atoms with van der Waals surface area (Å²) in [6.45, 7) is 8.54. The molecule has 22 heavy (non-hydrogen) atoms. The van der Waals surface area contributed by atoms with Gasteiger partial charge >= 0.3 is 5.97 Å². The van der Waals surface area contributed by atoms with Crippen molar-refractivity contribution in [2.45, 2.75) is 52.5 Å². The Bertz CT molecular complexity index is 504. The zero-order valence-corrected chi connectivity index (χ0v) is 13.9. The number of aryl methyl sites for hydroxylation is 3. The van der Waals surface area contributed by atoms with Crippen LogP contribution in [0.4, 0.5) is 0 Å². The minimum atomic E-state index is -0.689. The Hall–Kier alpha value is -1.55. The molecule has 0 radical (unpaired) electrons. The number of ether oxygens (including phenoxy) is 1. The van der Waals surface area contributed by atoms with Crippen molar-refractivity contribution in [2.75, 3.05) is 19.7 Å². The van der Waals surface area contributed by atoms with Crippen molar-refractivity contribution in [3.8, 4) is 5.75 Å². The lowest BCUT2D eigenvalue weighted by Crippen LogP contribution is -2.45. The van der Waals surface area contributed by atoms with Crippen LogP contribution >= 0.6 is 0 Å². The van der Waals surface area contributed by atoms with Crippen LogP contribution in [0, 0.1) is 20.8 Å². The number of hydrogen-bond acceptors (Lipinski definition) is 3. The van der Waals surface area contributed by atoms with Crippen LogP contribution in [0.2, 0.25) is 0 Å². The second-order valence-electron chi connectivity index (χ2n) is 6.32. The van der Waals surface area contributed by atoms with Crippen LogP contribution in [-0.4, -0.2) is 41.7 Å². The predicted molar refractivity (Wildman–Crippen MR) is 87.6 cm³/mol. The van der Waals surface area contributed by atoms with E-state index in [1.807, 2.05) is 0 Å². The van der Waals surface area contributed by atoms with E-state index in [4.69, 9.17) is 4.74 Å². The molecule has 1 heterocycles. The molecule has 0 saturated carbocycles. The normalized spacial score (nSPS) is 19.1. The molecule has 4 heteroatoms. The topological polar surface area (TPSA) is 49.8 Å². The largest absolute Gasteiger partial charge is 0.493 e. The molecule has 1 unspecified atom stereocenters.